The van der Waals surface area contributed by atoms with E-state index in [0.29, 0.717) is 0 Å². The quantitative estimate of drug-likeness (QED) is 0.598. The summed E-state index contributed by atoms with van der Waals surface area (Å²) in [6.45, 7) is 1.66. The molecule has 2 amide bonds. The van der Waals surface area contributed by atoms with Gasteiger partial charge < -0.3 is 9.47 Å². The molecule has 2 unspecified atom stereocenters. The summed E-state index contributed by atoms with van der Waals surface area (Å²) in [4.78, 5) is 21.3. The van der Waals surface area contributed by atoms with Crippen LogP contribution in [0.4, 0.5) is 4.79 Å². The summed E-state index contributed by atoms with van der Waals surface area (Å²) < 4.78 is 9.42. The first-order chi connectivity index (χ1) is 5.15. The highest BCUT2D eigenvalue weighted by molar-refractivity contribution is 6.00. The molecule has 62 valence electrons. The van der Waals surface area contributed by atoms with Gasteiger partial charge in [0.2, 0.25) is 6.10 Å². The summed E-state index contributed by atoms with van der Waals surface area (Å²) in [7, 11) is 1.45. The minimum atomic E-state index is -0.799. The summed E-state index contributed by atoms with van der Waals surface area (Å²) in [6, 6.07) is 0. The number of amides is 2. The monoisotopic (exact) mass is 159 g/mol. The predicted octanol–water partition coefficient (Wildman–Crippen LogP) is -0.344. The molecule has 0 bridgehead atoms. The molecule has 1 rings (SSSR count). The van der Waals surface area contributed by atoms with Gasteiger partial charge in [0.25, 0.3) is 5.91 Å². The first-order valence-corrected chi connectivity index (χ1v) is 3.19. The molecular formula is C6H9NO4. The van der Waals surface area contributed by atoms with Crippen LogP contribution < -0.4 is 5.32 Å². The van der Waals surface area contributed by atoms with Gasteiger partial charge in [0.05, 0.1) is 0 Å². The van der Waals surface area contributed by atoms with Crippen LogP contribution in [0.3, 0.4) is 0 Å². The molecule has 5 heteroatoms. The Morgan fingerprint density at radius 3 is 2.64 bits per heavy atom. The molecule has 1 fully saturated rings. The van der Waals surface area contributed by atoms with Gasteiger partial charge in [0.1, 0.15) is 6.10 Å². The molecule has 0 aliphatic carbocycles. The van der Waals surface area contributed by atoms with E-state index in [0.717, 1.165) is 0 Å². The van der Waals surface area contributed by atoms with Crippen molar-refractivity contribution in [2.24, 2.45) is 0 Å². The van der Waals surface area contributed by atoms with E-state index in [1.54, 1.807) is 6.92 Å². The summed E-state index contributed by atoms with van der Waals surface area (Å²) in [5.41, 5.74) is 0. The number of imide groups is 1. The number of nitrogens with one attached hydrogen (secondary N) is 1. The summed E-state index contributed by atoms with van der Waals surface area (Å²) >= 11 is 0. The number of carbonyl (C=O) groups excluding carboxylic acids is 2. The molecule has 0 aromatic rings. The van der Waals surface area contributed by atoms with Crippen molar-refractivity contribution in [3.63, 3.8) is 0 Å². The Kier molecular flexibility index (Phi) is 2.09. The summed E-state index contributed by atoms with van der Waals surface area (Å²) in [6.07, 6.45) is -1.90. The molecule has 1 N–H and O–H groups in total. The van der Waals surface area contributed by atoms with Crippen LogP contribution >= 0.6 is 0 Å². The summed E-state index contributed by atoms with van der Waals surface area (Å²) in [5.74, 6) is -0.440. The Morgan fingerprint density at radius 2 is 2.27 bits per heavy atom. The molecule has 1 aliphatic rings. The zero-order valence-electron chi connectivity index (χ0n) is 6.29. The molecular weight excluding hydrogens is 150 g/mol. The Hall–Kier alpha value is -1.10. The van der Waals surface area contributed by atoms with E-state index in [9.17, 15) is 9.59 Å². The van der Waals surface area contributed by atoms with Crippen LogP contribution in [0, 0.1) is 0 Å². The van der Waals surface area contributed by atoms with Crippen LogP contribution in [0.15, 0.2) is 0 Å². The van der Waals surface area contributed by atoms with Gasteiger partial charge in [-0.1, -0.05) is 0 Å². The maximum atomic E-state index is 10.8. The number of ether oxygens (including phenoxy) is 2. The van der Waals surface area contributed by atoms with Crippen LogP contribution in [0.1, 0.15) is 6.92 Å². The zero-order chi connectivity index (χ0) is 8.43. The van der Waals surface area contributed by atoms with E-state index in [-0.39, 0.29) is 0 Å². The van der Waals surface area contributed by atoms with Crippen LogP contribution in [0.25, 0.3) is 0 Å². The first kappa shape index (κ1) is 8.00. The van der Waals surface area contributed by atoms with Gasteiger partial charge in [0.15, 0.2) is 0 Å². The van der Waals surface area contributed by atoms with Crippen molar-refractivity contribution in [1.82, 2.24) is 5.32 Å². The second-order valence-electron chi connectivity index (χ2n) is 2.26. The lowest BCUT2D eigenvalue weighted by Crippen LogP contribution is -2.33. The van der Waals surface area contributed by atoms with Crippen LogP contribution in [0.5, 0.6) is 0 Å². The lowest BCUT2D eigenvalue weighted by atomic mass is 10.2. The van der Waals surface area contributed by atoms with Gasteiger partial charge >= 0.3 is 6.09 Å². The van der Waals surface area contributed by atoms with Crippen LogP contribution in [-0.4, -0.2) is 31.3 Å². The average molecular weight is 159 g/mol. The minimum absolute atomic E-state index is 0.401. The number of alkyl carbamates (subject to hydrolysis) is 1. The van der Waals surface area contributed by atoms with E-state index in [1.165, 1.54) is 7.11 Å². The van der Waals surface area contributed by atoms with Gasteiger partial charge in [-0.2, -0.15) is 0 Å². The number of hydrogen-bond acceptors (Lipinski definition) is 4. The maximum Gasteiger partial charge on any atom is 0.414 e. The van der Waals surface area contributed by atoms with Crippen molar-refractivity contribution in [2.45, 2.75) is 19.1 Å². The summed E-state index contributed by atoms with van der Waals surface area (Å²) in [5, 5.41) is 2.00. The number of methoxy groups -OCH3 is 1. The van der Waals surface area contributed by atoms with Gasteiger partial charge in [-0.05, 0) is 6.92 Å². The highest BCUT2D eigenvalue weighted by Gasteiger charge is 2.36. The second-order valence-corrected chi connectivity index (χ2v) is 2.26. The molecule has 11 heavy (non-hydrogen) atoms. The zero-order valence-corrected chi connectivity index (χ0v) is 6.29. The lowest BCUT2D eigenvalue weighted by Gasteiger charge is -2.12. The Labute approximate surface area is 63.7 Å². The normalized spacial score (nSPS) is 26.2. The Balaban J connectivity index is 2.59. The number of carbonyl (C=O) groups is 2. The van der Waals surface area contributed by atoms with Crippen molar-refractivity contribution in [3.8, 4) is 0 Å². The Morgan fingerprint density at radius 1 is 1.64 bits per heavy atom. The van der Waals surface area contributed by atoms with Crippen LogP contribution in [-0.2, 0) is 14.3 Å². The smallest absolute Gasteiger partial charge is 0.414 e. The molecule has 1 aliphatic heterocycles. The molecule has 0 saturated carbocycles. The van der Waals surface area contributed by atoms with Gasteiger partial charge in [-0.3, -0.25) is 10.1 Å². The molecule has 0 spiro atoms. The topological polar surface area (TPSA) is 64.6 Å². The van der Waals surface area contributed by atoms with Crippen molar-refractivity contribution >= 4 is 12.0 Å². The SMILES string of the molecule is COC(C)C1OC(=O)NC1=O. The maximum absolute atomic E-state index is 10.8. The lowest BCUT2D eigenvalue weighted by molar-refractivity contribution is -0.128. The predicted molar refractivity (Wildman–Crippen MR) is 34.9 cm³/mol. The van der Waals surface area contributed by atoms with Crippen molar-refractivity contribution in [1.29, 1.82) is 0 Å². The molecule has 0 aromatic heterocycles. The van der Waals surface area contributed by atoms with Gasteiger partial charge in [0, 0.05) is 7.11 Å². The van der Waals surface area contributed by atoms with E-state index >= 15 is 0 Å². The molecule has 0 radical (unpaired) electrons. The third kappa shape index (κ3) is 1.48. The molecule has 0 aromatic carbocycles. The molecule has 1 heterocycles. The number of hydrogen-bond donors (Lipinski definition) is 1. The minimum Gasteiger partial charge on any atom is -0.433 e. The van der Waals surface area contributed by atoms with E-state index in [4.69, 9.17) is 4.74 Å². The standard InChI is InChI=1S/C6H9NO4/c1-3(10-2)4-5(8)7-6(9)11-4/h3-4H,1-2H3,(H,7,8,9). The fourth-order valence-electron chi connectivity index (χ4n) is 0.803. The fourth-order valence-corrected chi connectivity index (χ4v) is 0.803. The van der Waals surface area contributed by atoms with E-state index in [1.807, 2.05) is 5.32 Å². The fraction of sp³-hybridized carbons (Fsp3) is 0.667. The molecule has 5 nitrogen and oxygen atoms in total. The highest BCUT2D eigenvalue weighted by atomic mass is 16.6. The van der Waals surface area contributed by atoms with Crippen molar-refractivity contribution < 1.29 is 19.1 Å². The van der Waals surface area contributed by atoms with Crippen molar-refractivity contribution in [3.05, 3.63) is 0 Å². The molecule has 2 atom stereocenters. The highest BCUT2D eigenvalue weighted by Crippen LogP contribution is 2.08. The van der Waals surface area contributed by atoms with Crippen molar-refractivity contribution in [2.75, 3.05) is 7.11 Å². The third-order valence-electron chi connectivity index (χ3n) is 1.52. The van der Waals surface area contributed by atoms with Gasteiger partial charge in [-0.15, -0.1) is 0 Å². The largest absolute Gasteiger partial charge is 0.433 e. The van der Waals surface area contributed by atoms with E-state index in [2.05, 4.69) is 4.74 Å². The third-order valence-corrected chi connectivity index (χ3v) is 1.52. The number of rotatable bonds is 2. The molecule has 1 saturated heterocycles. The van der Waals surface area contributed by atoms with Crippen LogP contribution in [0.2, 0.25) is 0 Å². The Bertz CT molecular complexity index is 191. The first-order valence-electron chi connectivity index (χ1n) is 3.19. The van der Waals surface area contributed by atoms with Gasteiger partial charge in [-0.25, -0.2) is 4.79 Å². The van der Waals surface area contributed by atoms with E-state index < -0.39 is 24.2 Å². The number of cyclic esters (lactones) is 1. The second kappa shape index (κ2) is 2.87. The average Bonchev–Trinajstić information content (AvgIpc) is 2.28.